The summed E-state index contributed by atoms with van der Waals surface area (Å²) in [4.78, 5) is 27.7. The predicted octanol–water partition coefficient (Wildman–Crippen LogP) is 7.31. The molecule has 0 bridgehead atoms. The normalized spacial score (nSPS) is 11.8. The van der Waals surface area contributed by atoms with Gasteiger partial charge in [0, 0.05) is 24.4 Å². The number of nitrogens with one attached hydrogen (secondary N) is 1. The van der Waals surface area contributed by atoms with Gasteiger partial charge in [0.05, 0.1) is 0 Å². The lowest BCUT2D eigenvalue weighted by atomic mass is 10.2. The zero-order chi connectivity index (χ0) is 28.0. The van der Waals surface area contributed by atoms with E-state index in [-0.39, 0.29) is 17.6 Å². The van der Waals surface area contributed by atoms with Gasteiger partial charge in [0.25, 0.3) is 0 Å². The summed E-state index contributed by atoms with van der Waals surface area (Å²) in [5.74, 6) is 0.643. The SMILES string of the molecule is CC.CC=O.Cc1ccc(Oc2ccnc(NC(=O)C3CC3)c2)c(F)c1.Cc1ccnc(C(F)(F)F)c1. The molecule has 0 radical (unpaired) electrons. The molecular formula is C27H31F4N3O3. The first-order chi connectivity index (χ1) is 17.5. The molecule has 1 aromatic carbocycles. The minimum atomic E-state index is -4.33. The maximum Gasteiger partial charge on any atom is 0.433 e. The van der Waals surface area contributed by atoms with Crippen molar-refractivity contribution in [1.82, 2.24) is 9.97 Å². The molecule has 0 spiro atoms. The van der Waals surface area contributed by atoms with Gasteiger partial charge in [-0.15, -0.1) is 0 Å². The van der Waals surface area contributed by atoms with Crippen molar-refractivity contribution in [3.63, 3.8) is 0 Å². The van der Waals surface area contributed by atoms with Crippen molar-refractivity contribution in [2.45, 2.75) is 53.6 Å². The van der Waals surface area contributed by atoms with Crippen LogP contribution < -0.4 is 10.1 Å². The van der Waals surface area contributed by atoms with Crippen LogP contribution >= 0.6 is 0 Å². The van der Waals surface area contributed by atoms with Crippen LogP contribution in [0.5, 0.6) is 11.5 Å². The monoisotopic (exact) mass is 521 g/mol. The van der Waals surface area contributed by atoms with Crippen LogP contribution in [0.3, 0.4) is 0 Å². The summed E-state index contributed by atoms with van der Waals surface area (Å²) in [5.41, 5.74) is 0.553. The number of pyridine rings is 2. The predicted molar refractivity (Wildman–Crippen MR) is 134 cm³/mol. The fourth-order valence-corrected chi connectivity index (χ4v) is 2.62. The summed E-state index contributed by atoms with van der Waals surface area (Å²) in [6.45, 7) is 8.85. The Hall–Kier alpha value is -3.82. The van der Waals surface area contributed by atoms with E-state index in [4.69, 9.17) is 9.53 Å². The summed E-state index contributed by atoms with van der Waals surface area (Å²) >= 11 is 0. The number of aldehydes is 1. The molecule has 0 atom stereocenters. The number of ether oxygens (including phenoxy) is 1. The third-order valence-corrected chi connectivity index (χ3v) is 4.45. The van der Waals surface area contributed by atoms with E-state index in [0.29, 0.717) is 17.1 Å². The quantitative estimate of drug-likeness (QED) is 0.288. The summed E-state index contributed by atoms with van der Waals surface area (Å²) in [6.07, 6.45) is 0.946. The Morgan fingerprint density at radius 3 is 2.11 bits per heavy atom. The highest BCUT2D eigenvalue weighted by Gasteiger charge is 2.32. The molecule has 2 heterocycles. The number of benzene rings is 1. The topological polar surface area (TPSA) is 81.2 Å². The van der Waals surface area contributed by atoms with E-state index in [9.17, 15) is 22.4 Å². The van der Waals surface area contributed by atoms with Gasteiger partial charge in [0.1, 0.15) is 23.5 Å². The van der Waals surface area contributed by atoms with Crippen LogP contribution in [0.25, 0.3) is 0 Å². The van der Waals surface area contributed by atoms with E-state index in [2.05, 4.69) is 15.3 Å². The van der Waals surface area contributed by atoms with Gasteiger partial charge >= 0.3 is 6.18 Å². The number of anilines is 1. The molecule has 0 saturated heterocycles. The number of nitrogens with zero attached hydrogens (tertiary/aromatic N) is 2. The summed E-state index contributed by atoms with van der Waals surface area (Å²) in [5, 5.41) is 2.73. The molecule has 0 aliphatic heterocycles. The van der Waals surface area contributed by atoms with E-state index in [1.165, 1.54) is 25.3 Å². The second kappa shape index (κ2) is 15.3. The Kier molecular flexibility index (Phi) is 12.9. The number of aryl methyl sites for hydroxylation is 2. The molecule has 1 aliphatic rings. The van der Waals surface area contributed by atoms with Gasteiger partial charge in [-0.1, -0.05) is 19.9 Å². The molecule has 2 aromatic heterocycles. The van der Waals surface area contributed by atoms with E-state index >= 15 is 0 Å². The van der Waals surface area contributed by atoms with E-state index in [1.54, 1.807) is 31.2 Å². The zero-order valence-corrected chi connectivity index (χ0v) is 21.4. The largest absolute Gasteiger partial charge is 0.454 e. The highest BCUT2D eigenvalue weighted by molar-refractivity contribution is 5.93. The second-order valence-electron chi connectivity index (χ2n) is 7.63. The second-order valence-corrected chi connectivity index (χ2v) is 7.63. The molecule has 3 aromatic rings. The average molecular weight is 522 g/mol. The lowest BCUT2D eigenvalue weighted by Gasteiger charge is -2.09. The van der Waals surface area contributed by atoms with Crippen LogP contribution in [0.4, 0.5) is 23.4 Å². The number of hydrogen-bond acceptors (Lipinski definition) is 5. The fraction of sp³-hybridized carbons (Fsp3) is 0.333. The number of amides is 1. The van der Waals surface area contributed by atoms with Gasteiger partial charge in [0.2, 0.25) is 5.91 Å². The van der Waals surface area contributed by atoms with Crippen molar-refractivity contribution >= 4 is 18.0 Å². The zero-order valence-electron chi connectivity index (χ0n) is 21.4. The number of halogens is 4. The van der Waals surface area contributed by atoms with Crippen molar-refractivity contribution < 1.29 is 31.9 Å². The third-order valence-electron chi connectivity index (χ3n) is 4.45. The molecule has 1 saturated carbocycles. The first kappa shape index (κ1) is 31.2. The van der Waals surface area contributed by atoms with Gasteiger partial charge in [-0.2, -0.15) is 13.2 Å². The number of rotatable bonds is 4. The first-order valence-corrected chi connectivity index (χ1v) is 11.6. The van der Waals surface area contributed by atoms with Crippen LogP contribution in [0.15, 0.2) is 54.9 Å². The molecule has 10 heteroatoms. The Balaban J connectivity index is 0.000000360. The molecule has 0 unspecified atom stereocenters. The minimum Gasteiger partial charge on any atom is -0.454 e. The molecule has 1 N–H and O–H groups in total. The van der Waals surface area contributed by atoms with Crippen molar-refractivity contribution in [3.8, 4) is 11.5 Å². The maximum absolute atomic E-state index is 13.8. The number of carbonyl (C=O) groups is 2. The van der Waals surface area contributed by atoms with Crippen LogP contribution in [-0.4, -0.2) is 22.2 Å². The smallest absolute Gasteiger partial charge is 0.433 e. The number of hydrogen-bond donors (Lipinski definition) is 1. The van der Waals surface area contributed by atoms with Gasteiger partial charge in [-0.05, 0) is 75.1 Å². The van der Waals surface area contributed by atoms with Crippen LogP contribution in [0.1, 0.15) is 50.4 Å². The summed E-state index contributed by atoms with van der Waals surface area (Å²) in [6, 6.07) is 10.5. The maximum atomic E-state index is 13.8. The molecule has 6 nitrogen and oxygen atoms in total. The van der Waals surface area contributed by atoms with Gasteiger partial charge in [0.15, 0.2) is 11.6 Å². The average Bonchev–Trinajstić information content (AvgIpc) is 3.69. The molecule has 37 heavy (non-hydrogen) atoms. The Morgan fingerprint density at radius 2 is 1.59 bits per heavy atom. The molecule has 200 valence electrons. The van der Waals surface area contributed by atoms with E-state index in [0.717, 1.165) is 37.0 Å². The molecule has 1 amide bonds. The Labute approximate surface area is 214 Å². The van der Waals surface area contributed by atoms with E-state index < -0.39 is 17.7 Å². The van der Waals surface area contributed by atoms with Crippen molar-refractivity contribution in [2.75, 3.05) is 5.32 Å². The highest BCUT2D eigenvalue weighted by Crippen LogP contribution is 2.31. The van der Waals surface area contributed by atoms with Crippen molar-refractivity contribution in [3.05, 3.63) is 77.5 Å². The van der Waals surface area contributed by atoms with Crippen molar-refractivity contribution in [1.29, 1.82) is 0 Å². The Bertz CT molecular complexity index is 1150. The van der Waals surface area contributed by atoms with Crippen LogP contribution in [0, 0.1) is 25.6 Å². The minimum absolute atomic E-state index is 0.0267. The molecule has 1 fully saturated rings. The number of aromatic nitrogens is 2. The fourth-order valence-electron chi connectivity index (χ4n) is 2.62. The number of alkyl halides is 3. The molecular weight excluding hydrogens is 490 g/mol. The van der Waals surface area contributed by atoms with Gasteiger partial charge in [-0.25, -0.2) is 9.37 Å². The highest BCUT2D eigenvalue weighted by atomic mass is 19.4. The third kappa shape index (κ3) is 11.6. The standard InChI is InChI=1S/C16H15FN2O2.C7H6F3N.C2H4O.C2H6/c1-10-2-5-14(13(17)8-10)21-12-6-7-18-15(9-12)19-16(20)11-3-4-11;1-5-2-3-11-6(4-5)7(8,9)10;1-2-3;1-2/h2,5-9,11H,3-4H2,1H3,(H,18,19,20);2-4H,1H3;2H,1H3;1-2H3. The van der Waals surface area contributed by atoms with E-state index in [1.807, 2.05) is 20.8 Å². The van der Waals surface area contributed by atoms with Crippen LogP contribution in [0.2, 0.25) is 0 Å². The summed E-state index contributed by atoms with van der Waals surface area (Å²) < 4.78 is 55.0. The van der Waals surface area contributed by atoms with Gasteiger partial charge < -0.3 is 14.8 Å². The van der Waals surface area contributed by atoms with Crippen LogP contribution in [-0.2, 0) is 15.8 Å². The molecule has 4 rings (SSSR count). The lowest BCUT2D eigenvalue weighted by molar-refractivity contribution is -0.141. The Morgan fingerprint density at radius 1 is 1.00 bits per heavy atom. The summed E-state index contributed by atoms with van der Waals surface area (Å²) in [7, 11) is 0. The lowest BCUT2D eigenvalue weighted by Crippen LogP contribution is -2.14. The first-order valence-electron chi connectivity index (χ1n) is 11.6. The van der Waals surface area contributed by atoms with Gasteiger partial charge in [-0.3, -0.25) is 9.78 Å². The number of carbonyl (C=O) groups excluding carboxylic acids is 2. The molecule has 1 aliphatic carbocycles. The van der Waals surface area contributed by atoms with Crippen molar-refractivity contribution in [2.24, 2.45) is 5.92 Å².